The molecule has 2 saturated heterocycles. The van der Waals surface area contributed by atoms with Crippen molar-refractivity contribution in [3.63, 3.8) is 0 Å². The van der Waals surface area contributed by atoms with Crippen LogP contribution in [-0.4, -0.2) is 228 Å². The SMILES string of the molecule is C/C=C/C[C@@H](C)[C@H]1ON2C(=O)[C@H](C(C)C)N(C)C(=O)[C@H](CC(C)C)N(C)C(=O)[C@H](CC(C)C)N(C)C(=O)[C@@H](C)NC(=O)[C@H](C)NC(=O)[C@H](CC(C)C)N(C)C(=O)[C@H](C(C)C)NC(=O)[C@H](C(C)(C)CNC)N(C)C(=O)[C@@H](C)N(C)C(=O)[C@H](CC)NC(=O)[C@H]12. The molecule has 2 rings (SSSR count). The zero-order chi connectivity index (χ0) is 67.2. The molecule has 5 N–H and O–H groups in total. The number of likely N-dealkylation sites (N-methyl/N-ethyl adjacent to an activating group) is 6. The maximum absolute atomic E-state index is 15.1. The van der Waals surface area contributed by atoms with Crippen molar-refractivity contribution in [3.05, 3.63) is 12.2 Å². The molecular weight excluding hydrogens is 1120 g/mol. The molecule has 0 aromatic heterocycles. The van der Waals surface area contributed by atoms with Gasteiger partial charge >= 0.3 is 0 Å². The Morgan fingerprint density at radius 2 is 1.01 bits per heavy atom. The number of hydroxylamine groups is 2. The van der Waals surface area contributed by atoms with Gasteiger partial charge in [-0.1, -0.05) is 109 Å². The number of hydrogen-bond donors (Lipinski definition) is 5. The lowest BCUT2D eigenvalue weighted by molar-refractivity contribution is -0.321. The number of carbonyl (C=O) groups excluding carboxylic acids is 11. The van der Waals surface area contributed by atoms with Crippen molar-refractivity contribution in [2.75, 3.05) is 55.9 Å². The Kier molecular flexibility index (Phi) is 29.6. The first kappa shape index (κ1) is 76.9. The van der Waals surface area contributed by atoms with Crippen LogP contribution in [0, 0.1) is 40.9 Å². The predicted molar refractivity (Wildman–Crippen MR) is 334 cm³/mol. The molecule has 496 valence electrons. The van der Waals surface area contributed by atoms with Gasteiger partial charge in [0.05, 0.1) is 0 Å². The van der Waals surface area contributed by atoms with Gasteiger partial charge in [0.15, 0.2) is 6.04 Å². The highest BCUT2D eigenvalue weighted by Gasteiger charge is 2.55. The molecular formula is C63H112N12O12. The van der Waals surface area contributed by atoms with Crippen molar-refractivity contribution in [3.8, 4) is 0 Å². The molecule has 0 aliphatic carbocycles. The number of hydrogen-bond acceptors (Lipinski definition) is 13. The third kappa shape index (κ3) is 19.4. The highest BCUT2D eigenvalue weighted by molar-refractivity contribution is 6.00. The van der Waals surface area contributed by atoms with E-state index in [2.05, 4.69) is 26.6 Å². The molecule has 87 heavy (non-hydrogen) atoms. The van der Waals surface area contributed by atoms with Gasteiger partial charge in [0.25, 0.3) is 5.91 Å². The third-order valence-electron chi connectivity index (χ3n) is 17.0. The summed E-state index contributed by atoms with van der Waals surface area (Å²) in [7, 11) is 10.4. The summed E-state index contributed by atoms with van der Waals surface area (Å²) < 4.78 is 0. The topological polar surface area (TPSA) is 280 Å². The molecule has 0 spiro atoms. The number of allylic oxidation sites excluding steroid dienone is 2. The highest BCUT2D eigenvalue weighted by atomic mass is 16.7. The monoisotopic (exact) mass is 1230 g/mol. The van der Waals surface area contributed by atoms with E-state index in [0.717, 1.165) is 5.06 Å². The van der Waals surface area contributed by atoms with Crippen LogP contribution in [0.3, 0.4) is 0 Å². The Morgan fingerprint density at radius 1 is 0.529 bits per heavy atom. The maximum atomic E-state index is 15.1. The van der Waals surface area contributed by atoms with Gasteiger partial charge < -0.3 is 56.0 Å². The molecule has 0 bridgehead atoms. The number of fused-ring (bicyclic) bond motifs is 1. The van der Waals surface area contributed by atoms with Crippen LogP contribution < -0.4 is 26.6 Å². The van der Waals surface area contributed by atoms with Crippen LogP contribution in [0.4, 0.5) is 0 Å². The minimum absolute atomic E-state index is 0.0648. The number of nitrogens with one attached hydrogen (secondary N) is 5. The largest absolute Gasteiger partial charge is 0.343 e. The second-order valence-corrected chi connectivity index (χ2v) is 27.0. The van der Waals surface area contributed by atoms with E-state index < -0.39 is 155 Å². The van der Waals surface area contributed by atoms with Crippen molar-refractivity contribution < 1.29 is 57.6 Å². The maximum Gasteiger partial charge on any atom is 0.270 e. The van der Waals surface area contributed by atoms with E-state index in [1.807, 2.05) is 67.5 Å². The van der Waals surface area contributed by atoms with Crippen LogP contribution in [0.2, 0.25) is 0 Å². The van der Waals surface area contributed by atoms with E-state index in [1.54, 1.807) is 55.5 Å². The first-order valence-electron chi connectivity index (χ1n) is 31.3. The van der Waals surface area contributed by atoms with Gasteiger partial charge in [-0.2, -0.15) is 0 Å². The zero-order valence-corrected chi connectivity index (χ0v) is 57.3. The number of nitrogens with zero attached hydrogens (tertiary/aromatic N) is 7. The van der Waals surface area contributed by atoms with Crippen molar-refractivity contribution in [2.24, 2.45) is 40.9 Å². The minimum Gasteiger partial charge on any atom is -0.343 e. The molecule has 0 saturated carbocycles. The first-order chi connectivity index (χ1) is 40.2. The van der Waals surface area contributed by atoms with E-state index in [1.165, 1.54) is 92.5 Å². The predicted octanol–water partition coefficient (Wildman–Crippen LogP) is 3.18. The van der Waals surface area contributed by atoms with Crippen LogP contribution in [0.5, 0.6) is 0 Å². The zero-order valence-electron chi connectivity index (χ0n) is 57.3. The quantitative estimate of drug-likeness (QED) is 0.148. The second kappa shape index (κ2) is 33.4. The van der Waals surface area contributed by atoms with Crippen LogP contribution >= 0.6 is 0 Å². The summed E-state index contributed by atoms with van der Waals surface area (Å²) in [6.45, 7) is 31.8. The fourth-order valence-electron chi connectivity index (χ4n) is 11.7. The van der Waals surface area contributed by atoms with Gasteiger partial charge in [-0.3, -0.25) is 57.6 Å². The molecule has 2 aliphatic heterocycles. The van der Waals surface area contributed by atoms with Crippen molar-refractivity contribution in [1.29, 1.82) is 0 Å². The summed E-state index contributed by atoms with van der Waals surface area (Å²) in [6.07, 6.45) is 3.93. The van der Waals surface area contributed by atoms with Gasteiger partial charge in [-0.15, -0.1) is 0 Å². The molecule has 13 atom stereocenters. The van der Waals surface area contributed by atoms with Gasteiger partial charge in [0.2, 0.25) is 59.1 Å². The summed E-state index contributed by atoms with van der Waals surface area (Å²) in [6, 6.07) is -13.3. The Bertz CT molecular complexity index is 2450. The highest BCUT2D eigenvalue weighted by Crippen LogP contribution is 2.34. The summed E-state index contributed by atoms with van der Waals surface area (Å²) in [4.78, 5) is 176. The minimum atomic E-state index is -1.28. The van der Waals surface area contributed by atoms with E-state index >= 15 is 9.59 Å². The summed E-state index contributed by atoms with van der Waals surface area (Å²) in [5.41, 5.74) is -1.00. The van der Waals surface area contributed by atoms with E-state index in [-0.39, 0.29) is 55.9 Å². The molecule has 0 unspecified atom stereocenters. The van der Waals surface area contributed by atoms with E-state index in [0.29, 0.717) is 6.42 Å². The van der Waals surface area contributed by atoms with E-state index in [4.69, 9.17) is 4.84 Å². The average molecular weight is 1230 g/mol. The number of rotatable bonds is 15. The Hall–Kier alpha value is -6.17. The van der Waals surface area contributed by atoms with Crippen LogP contribution in [-0.2, 0) is 57.6 Å². The lowest BCUT2D eigenvalue weighted by Gasteiger charge is -2.50. The van der Waals surface area contributed by atoms with Crippen LogP contribution in [0.25, 0.3) is 0 Å². The molecule has 24 heteroatoms. The van der Waals surface area contributed by atoms with Crippen LogP contribution in [0.15, 0.2) is 12.2 Å². The summed E-state index contributed by atoms with van der Waals surface area (Å²) in [5, 5.41) is 15.2. The third-order valence-corrected chi connectivity index (χ3v) is 17.0. The lowest BCUT2D eigenvalue weighted by Crippen LogP contribution is -2.72. The van der Waals surface area contributed by atoms with Crippen LogP contribution in [0.1, 0.15) is 157 Å². The van der Waals surface area contributed by atoms with Crippen molar-refractivity contribution in [1.82, 2.24) is 61.0 Å². The van der Waals surface area contributed by atoms with Gasteiger partial charge in [0, 0.05) is 54.2 Å². The molecule has 2 fully saturated rings. The van der Waals surface area contributed by atoms with E-state index in [9.17, 15) is 43.2 Å². The Morgan fingerprint density at radius 3 is 1.48 bits per heavy atom. The Labute approximate surface area is 520 Å². The standard InChI is InChI=1S/C63H112N12O12/c1-26-28-29-39(13)50-49-54(78)67-43(27-2)58(82)69(20)42(16)57(81)74(25)51(63(17,18)33-64-19)55(79)68-47(37(9)10)61(85)70(21)44(30-34(3)4)53(77)65-40(14)52(76)66-41(15)56(80)71(22)45(31-35(5)6)59(83)72(23)46(32-36(7)8)60(84)73(24)48(38(11)12)62(86)75(49)87-50/h26,28,34-51,64H,27,29-33H2,1-25H3,(H,65,77)(H,66,76)(H,67,78)(H,68,79)/b28-26+/t39-,40+,41-,42-,43+,44+,45+,46+,47+,48+,49+,50-,51-/m1/s1. The molecule has 0 aromatic rings. The molecule has 2 aliphatic rings. The smallest absolute Gasteiger partial charge is 0.270 e. The van der Waals surface area contributed by atoms with Gasteiger partial charge in [0.1, 0.15) is 66.5 Å². The molecule has 2 heterocycles. The fraction of sp³-hybridized carbons (Fsp3) is 0.794. The molecule has 0 aromatic carbocycles. The van der Waals surface area contributed by atoms with Crippen molar-refractivity contribution >= 4 is 65.0 Å². The van der Waals surface area contributed by atoms with Gasteiger partial charge in [-0.05, 0) is 102 Å². The Balaban J connectivity index is 3.00. The summed E-state index contributed by atoms with van der Waals surface area (Å²) >= 11 is 0. The normalized spacial score (nSPS) is 28.5. The second-order valence-electron chi connectivity index (χ2n) is 27.0. The molecule has 11 amide bonds. The van der Waals surface area contributed by atoms with Crippen molar-refractivity contribution in [2.45, 2.75) is 229 Å². The van der Waals surface area contributed by atoms with Gasteiger partial charge in [-0.25, -0.2) is 5.06 Å². The fourth-order valence-corrected chi connectivity index (χ4v) is 11.7. The molecule has 0 radical (unpaired) electrons. The average Bonchev–Trinajstić information content (AvgIpc) is 0.831. The number of amides is 11. The first-order valence-corrected chi connectivity index (χ1v) is 31.3. The summed E-state index contributed by atoms with van der Waals surface area (Å²) in [5.74, 6) is -9.04. The molecule has 24 nitrogen and oxygen atoms in total. The lowest BCUT2D eigenvalue weighted by atomic mass is 9.82. The number of carbonyl (C=O) groups is 11.